The number of hydrogen-bond donors (Lipinski definition) is 1. The van der Waals surface area contributed by atoms with E-state index in [1.54, 1.807) is 22.2 Å². The van der Waals surface area contributed by atoms with Crippen molar-refractivity contribution in [2.24, 2.45) is 0 Å². The zero-order valence-corrected chi connectivity index (χ0v) is 17.4. The van der Waals surface area contributed by atoms with E-state index in [1.165, 1.54) is 16.9 Å². The van der Waals surface area contributed by atoms with Crippen LogP contribution in [0.1, 0.15) is 35.3 Å². The Kier molecular flexibility index (Phi) is 5.94. The van der Waals surface area contributed by atoms with Crippen molar-refractivity contribution in [1.29, 1.82) is 0 Å². The quantitative estimate of drug-likeness (QED) is 0.606. The average Bonchev–Trinajstić information content (AvgIpc) is 3.10. The maximum atomic E-state index is 12.9. The number of amides is 1. The van der Waals surface area contributed by atoms with Crippen molar-refractivity contribution < 1.29 is 9.53 Å². The van der Waals surface area contributed by atoms with Gasteiger partial charge in [-0.15, -0.1) is 11.3 Å². The van der Waals surface area contributed by atoms with Gasteiger partial charge in [0.1, 0.15) is 17.2 Å². The number of carbonyl (C=O) groups excluding carboxylic acids is 1. The molecule has 1 amide bonds. The third-order valence-corrected chi connectivity index (χ3v) is 6.40. The van der Waals surface area contributed by atoms with Crippen LogP contribution in [-0.2, 0) is 24.2 Å². The highest BCUT2D eigenvalue weighted by molar-refractivity contribution is 7.18. The Morgan fingerprint density at radius 1 is 1.31 bits per heavy atom. The van der Waals surface area contributed by atoms with Crippen molar-refractivity contribution in [3.8, 4) is 5.75 Å². The van der Waals surface area contributed by atoms with Crippen LogP contribution in [0, 0.1) is 6.92 Å². The van der Waals surface area contributed by atoms with Crippen LogP contribution in [0.2, 0.25) is 0 Å². The van der Waals surface area contributed by atoms with Crippen LogP contribution >= 0.6 is 11.3 Å². The van der Waals surface area contributed by atoms with Crippen molar-refractivity contribution in [3.63, 3.8) is 0 Å². The molecule has 1 aliphatic rings. The van der Waals surface area contributed by atoms with Crippen LogP contribution in [-0.4, -0.2) is 28.6 Å². The molecule has 1 aliphatic carbocycles. The summed E-state index contributed by atoms with van der Waals surface area (Å²) >= 11 is 1.64. The minimum Gasteiger partial charge on any atom is -0.492 e. The van der Waals surface area contributed by atoms with Crippen LogP contribution in [0.25, 0.3) is 10.2 Å². The van der Waals surface area contributed by atoms with E-state index in [-0.39, 0.29) is 17.9 Å². The molecular formula is C22H25N3O3S. The summed E-state index contributed by atoms with van der Waals surface area (Å²) in [7, 11) is 0. The number of thiophene rings is 1. The summed E-state index contributed by atoms with van der Waals surface area (Å²) in [5.74, 6) is 0.696. The van der Waals surface area contributed by atoms with E-state index in [2.05, 4.69) is 10.3 Å². The lowest BCUT2D eigenvalue weighted by atomic mass is 9.97. The zero-order chi connectivity index (χ0) is 20.2. The fourth-order valence-corrected chi connectivity index (χ4v) is 4.93. The van der Waals surface area contributed by atoms with Crippen LogP contribution in [0.15, 0.2) is 35.4 Å². The Morgan fingerprint density at radius 2 is 2.17 bits per heavy atom. The maximum Gasteiger partial charge on any atom is 0.262 e. The van der Waals surface area contributed by atoms with E-state index in [0.717, 1.165) is 40.8 Å². The first-order valence-electron chi connectivity index (χ1n) is 10.1. The standard InChI is InChI=1S/C22H25N3O3S/c1-15-5-4-6-16(13-15)28-12-10-23-19(26)9-11-25-14-24-21-20(22(25)27)17-7-2-3-8-18(17)29-21/h4-6,13-14H,2-3,7-12H2,1H3,(H,23,26). The predicted octanol–water partition coefficient (Wildman–Crippen LogP) is 3.23. The molecule has 7 heteroatoms. The molecule has 1 N–H and O–H groups in total. The Hall–Kier alpha value is -2.67. The summed E-state index contributed by atoms with van der Waals surface area (Å²) in [6, 6.07) is 7.80. The SMILES string of the molecule is Cc1cccc(OCCNC(=O)CCn2cnc3sc4c(c3c2=O)CCCC4)c1. The van der Waals surface area contributed by atoms with Gasteiger partial charge >= 0.3 is 0 Å². The number of aryl methyl sites for hydroxylation is 4. The van der Waals surface area contributed by atoms with E-state index in [0.29, 0.717) is 19.7 Å². The number of rotatable bonds is 7. The summed E-state index contributed by atoms with van der Waals surface area (Å²) in [6.07, 6.45) is 6.12. The summed E-state index contributed by atoms with van der Waals surface area (Å²) in [4.78, 5) is 31.6. The summed E-state index contributed by atoms with van der Waals surface area (Å²) < 4.78 is 7.19. The van der Waals surface area contributed by atoms with Crippen LogP contribution in [0.3, 0.4) is 0 Å². The van der Waals surface area contributed by atoms with Crippen LogP contribution in [0.4, 0.5) is 0 Å². The molecule has 2 heterocycles. The molecule has 1 aromatic carbocycles. The highest BCUT2D eigenvalue weighted by Crippen LogP contribution is 2.33. The van der Waals surface area contributed by atoms with Gasteiger partial charge in [-0.3, -0.25) is 14.2 Å². The van der Waals surface area contributed by atoms with Gasteiger partial charge in [-0.25, -0.2) is 4.98 Å². The van der Waals surface area contributed by atoms with Gasteiger partial charge in [0.05, 0.1) is 18.3 Å². The number of ether oxygens (including phenoxy) is 1. The second-order valence-corrected chi connectivity index (χ2v) is 8.48. The molecule has 0 fully saturated rings. The van der Waals surface area contributed by atoms with E-state index >= 15 is 0 Å². The molecule has 0 aliphatic heterocycles. The fourth-order valence-electron chi connectivity index (χ4n) is 3.72. The molecule has 152 valence electrons. The molecule has 0 spiro atoms. The predicted molar refractivity (Wildman–Crippen MR) is 115 cm³/mol. The van der Waals surface area contributed by atoms with Crippen molar-refractivity contribution >= 4 is 27.5 Å². The van der Waals surface area contributed by atoms with Gasteiger partial charge < -0.3 is 10.1 Å². The van der Waals surface area contributed by atoms with E-state index < -0.39 is 0 Å². The van der Waals surface area contributed by atoms with E-state index in [1.807, 2.05) is 31.2 Å². The fraction of sp³-hybridized carbons (Fsp3) is 0.409. The molecule has 0 radical (unpaired) electrons. The van der Waals surface area contributed by atoms with Gasteiger partial charge in [0.15, 0.2) is 0 Å². The Balaban J connectivity index is 1.30. The van der Waals surface area contributed by atoms with Crippen molar-refractivity contribution in [2.75, 3.05) is 13.2 Å². The maximum absolute atomic E-state index is 12.9. The minimum atomic E-state index is -0.0998. The highest BCUT2D eigenvalue weighted by Gasteiger charge is 2.20. The minimum absolute atomic E-state index is 0.0232. The zero-order valence-electron chi connectivity index (χ0n) is 16.6. The second kappa shape index (κ2) is 8.78. The largest absolute Gasteiger partial charge is 0.492 e. The number of aromatic nitrogens is 2. The number of nitrogens with one attached hydrogen (secondary N) is 1. The molecule has 6 nitrogen and oxygen atoms in total. The average molecular weight is 412 g/mol. The Bertz CT molecular complexity index is 1090. The molecule has 29 heavy (non-hydrogen) atoms. The third-order valence-electron chi connectivity index (χ3n) is 5.20. The van der Waals surface area contributed by atoms with Crippen LogP contribution < -0.4 is 15.6 Å². The van der Waals surface area contributed by atoms with Crippen molar-refractivity contribution in [3.05, 3.63) is 57.0 Å². The molecule has 2 aromatic heterocycles. The topological polar surface area (TPSA) is 73.2 Å². The Labute approximate surface area is 173 Å². The lowest BCUT2D eigenvalue weighted by molar-refractivity contribution is -0.121. The van der Waals surface area contributed by atoms with Gasteiger partial charge in [-0.1, -0.05) is 12.1 Å². The Morgan fingerprint density at radius 3 is 3.03 bits per heavy atom. The molecule has 4 rings (SSSR count). The molecule has 0 saturated carbocycles. The lowest BCUT2D eigenvalue weighted by Gasteiger charge is -2.11. The highest BCUT2D eigenvalue weighted by atomic mass is 32.1. The monoisotopic (exact) mass is 411 g/mol. The molecule has 0 atom stereocenters. The number of nitrogens with zero attached hydrogens (tertiary/aromatic N) is 2. The van der Waals surface area contributed by atoms with Gasteiger partial charge in [-0.2, -0.15) is 0 Å². The first-order valence-corrected chi connectivity index (χ1v) is 10.9. The van der Waals surface area contributed by atoms with Crippen molar-refractivity contribution in [2.45, 2.75) is 45.6 Å². The van der Waals surface area contributed by atoms with Gasteiger partial charge in [0.25, 0.3) is 5.56 Å². The summed E-state index contributed by atoms with van der Waals surface area (Å²) in [5.41, 5.74) is 2.29. The second-order valence-electron chi connectivity index (χ2n) is 7.40. The summed E-state index contributed by atoms with van der Waals surface area (Å²) in [6.45, 7) is 3.17. The van der Waals surface area contributed by atoms with E-state index in [4.69, 9.17) is 4.74 Å². The number of carbonyl (C=O) groups is 1. The normalized spacial score (nSPS) is 13.3. The van der Waals surface area contributed by atoms with Gasteiger partial charge in [0.2, 0.25) is 5.91 Å². The first-order chi connectivity index (χ1) is 14.1. The number of benzene rings is 1. The smallest absolute Gasteiger partial charge is 0.262 e. The van der Waals surface area contributed by atoms with E-state index in [9.17, 15) is 9.59 Å². The summed E-state index contributed by atoms with van der Waals surface area (Å²) in [5, 5.41) is 3.60. The molecule has 3 aromatic rings. The first kappa shape index (κ1) is 19.6. The number of hydrogen-bond acceptors (Lipinski definition) is 5. The molecular weight excluding hydrogens is 386 g/mol. The molecule has 0 bridgehead atoms. The van der Waals surface area contributed by atoms with Crippen molar-refractivity contribution in [1.82, 2.24) is 14.9 Å². The molecule has 0 unspecified atom stereocenters. The van der Waals surface area contributed by atoms with Gasteiger partial charge in [0, 0.05) is 17.8 Å². The lowest BCUT2D eigenvalue weighted by Crippen LogP contribution is -2.30. The number of fused-ring (bicyclic) bond motifs is 3. The van der Waals surface area contributed by atoms with Gasteiger partial charge in [-0.05, 0) is 55.9 Å². The molecule has 0 saturated heterocycles. The van der Waals surface area contributed by atoms with Crippen LogP contribution in [0.5, 0.6) is 5.75 Å². The third kappa shape index (κ3) is 4.50.